The van der Waals surface area contributed by atoms with E-state index in [1.54, 1.807) is 6.20 Å². The average Bonchev–Trinajstić information content (AvgIpc) is 3.42. The molecular weight excluding hydrogens is 331 g/mol. The maximum atomic E-state index is 13.1. The molecule has 1 saturated heterocycles. The van der Waals surface area contributed by atoms with Crippen molar-refractivity contribution in [2.45, 2.75) is 44.2 Å². The third-order valence-corrected chi connectivity index (χ3v) is 5.05. The van der Waals surface area contributed by atoms with Gasteiger partial charge in [0.25, 0.3) is 0 Å². The van der Waals surface area contributed by atoms with Gasteiger partial charge in [-0.15, -0.1) is 0 Å². The number of aromatic nitrogens is 2. The molecule has 0 radical (unpaired) electrons. The fraction of sp³-hybridized carbons (Fsp3) is 0.450. The van der Waals surface area contributed by atoms with E-state index in [0.717, 1.165) is 50.2 Å². The van der Waals surface area contributed by atoms with E-state index in [9.17, 15) is 9.65 Å². The average molecular weight is 352 g/mol. The summed E-state index contributed by atoms with van der Waals surface area (Å²) in [5, 5.41) is 9.27. The number of hydrogen-bond donors (Lipinski definition) is 0. The topological polar surface area (TPSA) is 62.0 Å². The van der Waals surface area contributed by atoms with Crippen molar-refractivity contribution >= 4 is 0 Å². The summed E-state index contributed by atoms with van der Waals surface area (Å²) in [4.78, 5) is 11.1. The Kier molecular flexibility index (Phi) is 4.81. The van der Waals surface area contributed by atoms with Crippen molar-refractivity contribution in [2.75, 3.05) is 13.2 Å². The van der Waals surface area contributed by atoms with E-state index in [0.29, 0.717) is 24.0 Å². The molecule has 26 heavy (non-hydrogen) atoms. The Morgan fingerprint density at radius 2 is 2.04 bits per heavy atom. The lowest BCUT2D eigenvalue weighted by Gasteiger charge is -2.24. The maximum Gasteiger partial charge on any atom is 0.235 e. The lowest BCUT2D eigenvalue weighted by atomic mass is 10.2. The molecule has 1 aliphatic carbocycles. The van der Waals surface area contributed by atoms with Gasteiger partial charge in [-0.1, -0.05) is 12.1 Å². The molecule has 4 rings (SSSR count). The Bertz CT molecular complexity index is 814. The SMILES string of the molecule is N#Cc1cnc(C2CC2)nc1OCC1CCCN1Cc1ccc(F)cc1. The molecule has 1 unspecified atom stereocenters. The van der Waals surface area contributed by atoms with Crippen LogP contribution in [0.4, 0.5) is 4.39 Å². The second-order valence-electron chi connectivity index (χ2n) is 7.04. The summed E-state index contributed by atoms with van der Waals surface area (Å²) in [5.41, 5.74) is 1.48. The summed E-state index contributed by atoms with van der Waals surface area (Å²) in [5.74, 6) is 1.40. The van der Waals surface area contributed by atoms with E-state index in [1.165, 1.54) is 12.1 Å². The van der Waals surface area contributed by atoms with Crippen molar-refractivity contribution in [1.82, 2.24) is 14.9 Å². The standard InChI is InChI=1S/C20H21FN4O/c21-17-7-3-14(4-8-17)12-25-9-1-2-18(25)13-26-20-16(10-22)11-23-19(24-20)15-5-6-15/h3-4,7-8,11,15,18H,1-2,5-6,9,12-13H2. The van der Waals surface area contributed by atoms with E-state index in [-0.39, 0.29) is 11.9 Å². The molecule has 5 nitrogen and oxygen atoms in total. The molecule has 2 aromatic rings. The summed E-state index contributed by atoms with van der Waals surface area (Å²) in [6.45, 7) is 2.26. The van der Waals surface area contributed by atoms with Crippen LogP contribution in [-0.2, 0) is 6.54 Å². The minimum absolute atomic E-state index is 0.214. The minimum atomic E-state index is -0.214. The first-order chi connectivity index (χ1) is 12.7. The van der Waals surface area contributed by atoms with Gasteiger partial charge in [-0.25, -0.2) is 9.37 Å². The van der Waals surface area contributed by atoms with E-state index in [2.05, 4.69) is 20.9 Å². The summed E-state index contributed by atoms with van der Waals surface area (Å²) in [7, 11) is 0. The lowest BCUT2D eigenvalue weighted by molar-refractivity contribution is 0.163. The molecule has 134 valence electrons. The fourth-order valence-electron chi connectivity index (χ4n) is 3.40. The van der Waals surface area contributed by atoms with Crippen LogP contribution < -0.4 is 4.74 Å². The minimum Gasteiger partial charge on any atom is -0.475 e. The van der Waals surface area contributed by atoms with Gasteiger partial charge in [-0.2, -0.15) is 10.2 Å². The zero-order chi connectivity index (χ0) is 17.9. The number of benzene rings is 1. The number of nitrogens with zero attached hydrogens (tertiary/aromatic N) is 4. The number of hydrogen-bond acceptors (Lipinski definition) is 5. The van der Waals surface area contributed by atoms with Crippen LogP contribution in [0.3, 0.4) is 0 Å². The summed E-state index contributed by atoms with van der Waals surface area (Å²) >= 11 is 0. The Morgan fingerprint density at radius 1 is 1.23 bits per heavy atom. The van der Waals surface area contributed by atoms with Crippen LogP contribution in [0.15, 0.2) is 30.5 Å². The van der Waals surface area contributed by atoms with Gasteiger partial charge >= 0.3 is 0 Å². The van der Waals surface area contributed by atoms with Crippen LogP contribution in [-0.4, -0.2) is 34.1 Å². The Hall–Kier alpha value is -2.52. The number of nitriles is 1. The van der Waals surface area contributed by atoms with Crippen LogP contribution in [0.2, 0.25) is 0 Å². The summed E-state index contributed by atoms with van der Waals surface area (Å²) < 4.78 is 19.0. The van der Waals surface area contributed by atoms with Crippen LogP contribution in [0, 0.1) is 17.1 Å². The molecule has 0 N–H and O–H groups in total. The Labute approximate surface area is 152 Å². The predicted octanol–water partition coefficient (Wildman–Crippen LogP) is 3.41. The van der Waals surface area contributed by atoms with E-state index >= 15 is 0 Å². The number of ether oxygens (including phenoxy) is 1. The van der Waals surface area contributed by atoms with Crippen LogP contribution >= 0.6 is 0 Å². The molecule has 2 heterocycles. The highest BCUT2D eigenvalue weighted by atomic mass is 19.1. The van der Waals surface area contributed by atoms with Crippen molar-refractivity contribution in [2.24, 2.45) is 0 Å². The third kappa shape index (κ3) is 3.83. The quantitative estimate of drug-likeness (QED) is 0.797. The fourth-order valence-corrected chi connectivity index (χ4v) is 3.40. The second kappa shape index (κ2) is 7.38. The van der Waals surface area contributed by atoms with E-state index in [4.69, 9.17) is 4.74 Å². The molecule has 1 atom stereocenters. The van der Waals surface area contributed by atoms with E-state index < -0.39 is 0 Å². The van der Waals surface area contributed by atoms with Crippen molar-refractivity contribution in [1.29, 1.82) is 5.26 Å². The lowest BCUT2D eigenvalue weighted by Crippen LogP contribution is -2.34. The Balaban J connectivity index is 1.41. The molecule has 0 bridgehead atoms. The van der Waals surface area contributed by atoms with Crippen molar-refractivity contribution in [3.63, 3.8) is 0 Å². The van der Waals surface area contributed by atoms with E-state index in [1.807, 2.05) is 12.1 Å². The third-order valence-electron chi connectivity index (χ3n) is 5.05. The van der Waals surface area contributed by atoms with Gasteiger partial charge in [-0.3, -0.25) is 4.90 Å². The van der Waals surface area contributed by atoms with Crippen molar-refractivity contribution < 1.29 is 9.13 Å². The molecule has 2 fully saturated rings. The van der Waals surface area contributed by atoms with Gasteiger partial charge in [0.05, 0.1) is 6.20 Å². The normalized spacial score (nSPS) is 20.1. The molecule has 1 aromatic heterocycles. The summed E-state index contributed by atoms with van der Waals surface area (Å²) in [6, 6.07) is 9.03. The highest BCUT2D eigenvalue weighted by molar-refractivity contribution is 5.36. The molecule has 0 spiro atoms. The highest BCUT2D eigenvalue weighted by Crippen LogP contribution is 2.38. The first-order valence-electron chi connectivity index (χ1n) is 9.11. The molecule has 1 aromatic carbocycles. The zero-order valence-electron chi connectivity index (χ0n) is 14.6. The maximum absolute atomic E-state index is 13.1. The van der Waals surface area contributed by atoms with Gasteiger partial charge in [0.1, 0.15) is 29.9 Å². The zero-order valence-corrected chi connectivity index (χ0v) is 14.6. The molecule has 6 heteroatoms. The summed E-state index contributed by atoms with van der Waals surface area (Å²) in [6.07, 6.45) is 5.95. The molecule has 1 saturated carbocycles. The smallest absolute Gasteiger partial charge is 0.235 e. The second-order valence-corrected chi connectivity index (χ2v) is 7.04. The predicted molar refractivity (Wildman–Crippen MR) is 94.0 cm³/mol. The van der Waals surface area contributed by atoms with Gasteiger partial charge in [0.15, 0.2) is 0 Å². The van der Waals surface area contributed by atoms with Crippen LogP contribution in [0.5, 0.6) is 5.88 Å². The molecule has 0 amide bonds. The number of likely N-dealkylation sites (tertiary alicyclic amines) is 1. The molecular formula is C20H21FN4O. The van der Waals surface area contributed by atoms with Crippen molar-refractivity contribution in [3.05, 3.63) is 53.2 Å². The van der Waals surface area contributed by atoms with Crippen LogP contribution in [0.25, 0.3) is 0 Å². The highest BCUT2D eigenvalue weighted by Gasteiger charge is 2.29. The first-order valence-corrected chi connectivity index (χ1v) is 9.11. The Morgan fingerprint density at radius 3 is 2.77 bits per heavy atom. The largest absolute Gasteiger partial charge is 0.475 e. The molecule has 1 aliphatic heterocycles. The molecule has 2 aliphatic rings. The van der Waals surface area contributed by atoms with Gasteiger partial charge < -0.3 is 4.74 Å². The number of halogens is 1. The monoisotopic (exact) mass is 352 g/mol. The van der Waals surface area contributed by atoms with Crippen molar-refractivity contribution in [3.8, 4) is 11.9 Å². The van der Waals surface area contributed by atoms with Crippen LogP contribution in [0.1, 0.15) is 48.6 Å². The van der Waals surface area contributed by atoms with Gasteiger partial charge in [0.2, 0.25) is 5.88 Å². The number of rotatable bonds is 6. The van der Waals surface area contributed by atoms with Gasteiger partial charge in [0, 0.05) is 18.5 Å². The van der Waals surface area contributed by atoms with Gasteiger partial charge in [-0.05, 0) is 49.9 Å². The first kappa shape index (κ1) is 16.9.